The Morgan fingerprint density at radius 3 is 2.75 bits per heavy atom. The standard InChI is InChI=1S/C22H22ClN5O4/c1-2-32-21(31)12-6-8-28(9-7-12)22-26-18-17(20(30)27-22)16(15(11-24)19(29)25-18)13-4-3-5-14(23)10-13/h3-5,10,12,15-16H,2,6-9H2,1H3,(H2,25,26,27,29,30). The maximum Gasteiger partial charge on any atom is 0.309 e. The van der Waals surface area contributed by atoms with Crippen LogP contribution in [0.5, 0.6) is 0 Å². The number of hydrogen-bond donors (Lipinski definition) is 2. The van der Waals surface area contributed by atoms with Crippen molar-refractivity contribution in [3.05, 3.63) is 50.8 Å². The summed E-state index contributed by atoms with van der Waals surface area (Å²) in [6.45, 7) is 3.14. The van der Waals surface area contributed by atoms with Crippen LogP contribution in [0.1, 0.15) is 36.8 Å². The Kier molecular flexibility index (Phi) is 6.15. The van der Waals surface area contributed by atoms with E-state index in [2.05, 4.69) is 15.3 Å². The van der Waals surface area contributed by atoms with E-state index in [0.29, 0.717) is 49.1 Å². The molecule has 9 nitrogen and oxygen atoms in total. The number of H-pyrrole nitrogens is 1. The van der Waals surface area contributed by atoms with Crippen molar-refractivity contribution in [1.82, 2.24) is 9.97 Å². The van der Waals surface area contributed by atoms with Gasteiger partial charge in [-0.05, 0) is 37.5 Å². The van der Waals surface area contributed by atoms with Crippen molar-refractivity contribution >= 4 is 35.2 Å². The lowest BCUT2D eigenvalue weighted by Crippen LogP contribution is -2.41. The summed E-state index contributed by atoms with van der Waals surface area (Å²) in [6.07, 6.45) is 1.15. The van der Waals surface area contributed by atoms with Crippen molar-refractivity contribution in [3.8, 4) is 6.07 Å². The highest BCUT2D eigenvalue weighted by Crippen LogP contribution is 2.39. The molecule has 0 radical (unpaired) electrons. The highest BCUT2D eigenvalue weighted by Gasteiger charge is 2.40. The lowest BCUT2D eigenvalue weighted by molar-refractivity contribution is -0.148. The number of halogens is 1. The van der Waals surface area contributed by atoms with Crippen molar-refractivity contribution in [1.29, 1.82) is 5.26 Å². The highest BCUT2D eigenvalue weighted by molar-refractivity contribution is 6.30. The third kappa shape index (κ3) is 4.06. The summed E-state index contributed by atoms with van der Waals surface area (Å²) in [6, 6.07) is 8.77. The lowest BCUT2D eigenvalue weighted by Gasteiger charge is -2.33. The summed E-state index contributed by atoms with van der Waals surface area (Å²) in [5, 5.41) is 12.7. The van der Waals surface area contributed by atoms with Crippen LogP contribution in [0.3, 0.4) is 0 Å². The van der Waals surface area contributed by atoms with Crippen molar-refractivity contribution in [2.24, 2.45) is 11.8 Å². The molecule has 1 aromatic carbocycles. The van der Waals surface area contributed by atoms with Gasteiger partial charge >= 0.3 is 5.97 Å². The summed E-state index contributed by atoms with van der Waals surface area (Å²) >= 11 is 6.11. The molecular formula is C22H22ClN5O4. The van der Waals surface area contributed by atoms with Crippen molar-refractivity contribution in [3.63, 3.8) is 0 Å². The molecule has 2 aliphatic rings. The summed E-state index contributed by atoms with van der Waals surface area (Å²) in [4.78, 5) is 46.9. The van der Waals surface area contributed by atoms with E-state index in [0.717, 1.165) is 0 Å². The molecule has 166 valence electrons. The Labute approximate surface area is 189 Å². The van der Waals surface area contributed by atoms with Crippen molar-refractivity contribution in [2.75, 3.05) is 29.9 Å². The molecule has 0 bridgehead atoms. The zero-order valence-corrected chi connectivity index (χ0v) is 18.2. The third-order valence-corrected chi connectivity index (χ3v) is 6.11. The number of ether oxygens (including phenoxy) is 1. The van der Waals surface area contributed by atoms with Gasteiger partial charge in [0.2, 0.25) is 11.9 Å². The zero-order valence-electron chi connectivity index (χ0n) is 17.4. The van der Waals surface area contributed by atoms with Crippen LogP contribution >= 0.6 is 11.6 Å². The van der Waals surface area contributed by atoms with Gasteiger partial charge in [0.1, 0.15) is 11.7 Å². The fraction of sp³-hybridized carbons (Fsp3) is 0.409. The van der Waals surface area contributed by atoms with Gasteiger partial charge in [-0.1, -0.05) is 23.7 Å². The van der Waals surface area contributed by atoms with E-state index in [9.17, 15) is 19.6 Å². The number of nitriles is 1. The Bertz CT molecular complexity index is 1150. The number of amides is 1. The van der Waals surface area contributed by atoms with E-state index < -0.39 is 23.3 Å². The maximum atomic E-state index is 13.1. The summed E-state index contributed by atoms with van der Waals surface area (Å²) in [5.74, 6) is -2.33. The first-order chi connectivity index (χ1) is 15.4. The first-order valence-corrected chi connectivity index (χ1v) is 10.8. The van der Waals surface area contributed by atoms with Gasteiger partial charge < -0.3 is 15.0 Å². The van der Waals surface area contributed by atoms with E-state index in [4.69, 9.17) is 16.3 Å². The van der Waals surface area contributed by atoms with E-state index in [1.807, 2.05) is 11.0 Å². The number of carbonyl (C=O) groups is 2. The molecule has 2 aliphatic heterocycles. The van der Waals surface area contributed by atoms with Gasteiger partial charge in [0.05, 0.1) is 24.2 Å². The van der Waals surface area contributed by atoms with E-state index in [1.54, 1.807) is 31.2 Å². The van der Waals surface area contributed by atoms with E-state index in [1.165, 1.54) is 0 Å². The average molecular weight is 456 g/mol. The predicted molar refractivity (Wildman–Crippen MR) is 117 cm³/mol. The third-order valence-electron chi connectivity index (χ3n) is 5.87. The fourth-order valence-electron chi connectivity index (χ4n) is 4.30. The normalized spacial score (nSPS) is 20.8. The van der Waals surface area contributed by atoms with Crippen LogP contribution in [0.2, 0.25) is 5.02 Å². The molecule has 10 heteroatoms. The first-order valence-electron chi connectivity index (χ1n) is 10.4. The van der Waals surface area contributed by atoms with Gasteiger partial charge in [0.25, 0.3) is 5.56 Å². The van der Waals surface area contributed by atoms with Gasteiger partial charge in [-0.15, -0.1) is 0 Å². The second-order valence-electron chi connectivity index (χ2n) is 7.79. The van der Waals surface area contributed by atoms with Gasteiger partial charge in [0, 0.05) is 24.0 Å². The van der Waals surface area contributed by atoms with Crippen molar-refractivity contribution in [2.45, 2.75) is 25.7 Å². The van der Waals surface area contributed by atoms with E-state index >= 15 is 0 Å². The molecule has 0 spiro atoms. The van der Waals surface area contributed by atoms with Crippen LogP contribution < -0.4 is 15.8 Å². The maximum absolute atomic E-state index is 13.1. The first kappa shape index (κ1) is 21.8. The second-order valence-corrected chi connectivity index (χ2v) is 8.23. The van der Waals surface area contributed by atoms with Gasteiger partial charge in [-0.25, -0.2) is 0 Å². The summed E-state index contributed by atoms with van der Waals surface area (Å²) in [5.41, 5.74) is 0.391. The van der Waals surface area contributed by atoms with Crippen LogP contribution in [-0.2, 0) is 14.3 Å². The molecule has 3 heterocycles. The number of carbonyl (C=O) groups excluding carboxylic acids is 2. The van der Waals surface area contributed by atoms with Gasteiger partial charge in [0.15, 0.2) is 0 Å². The van der Waals surface area contributed by atoms with Crippen molar-refractivity contribution < 1.29 is 14.3 Å². The van der Waals surface area contributed by atoms with Gasteiger partial charge in [-0.2, -0.15) is 10.2 Å². The molecule has 0 saturated carbocycles. The second kappa shape index (κ2) is 9.01. The molecular weight excluding hydrogens is 434 g/mol. The van der Waals surface area contributed by atoms with Crippen LogP contribution in [0, 0.1) is 23.2 Å². The van der Waals surface area contributed by atoms with Crippen LogP contribution in [0.4, 0.5) is 11.8 Å². The number of rotatable bonds is 4. The number of benzene rings is 1. The number of piperidine rings is 1. The average Bonchev–Trinajstić information content (AvgIpc) is 2.78. The minimum absolute atomic E-state index is 0.137. The molecule has 4 rings (SSSR count). The molecule has 2 unspecified atom stereocenters. The molecule has 2 atom stereocenters. The minimum Gasteiger partial charge on any atom is -0.466 e. The van der Waals surface area contributed by atoms with Crippen LogP contribution in [0.25, 0.3) is 0 Å². The van der Waals surface area contributed by atoms with Gasteiger partial charge in [-0.3, -0.25) is 19.4 Å². The topological polar surface area (TPSA) is 128 Å². The smallest absolute Gasteiger partial charge is 0.309 e. The molecule has 2 N–H and O–H groups in total. The quantitative estimate of drug-likeness (QED) is 0.677. The molecule has 1 saturated heterocycles. The number of fused-ring (bicyclic) bond motifs is 1. The zero-order chi connectivity index (χ0) is 22.8. The lowest BCUT2D eigenvalue weighted by atomic mass is 9.79. The minimum atomic E-state index is -1.09. The number of aromatic amines is 1. The molecule has 2 aromatic rings. The largest absolute Gasteiger partial charge is 0.466 e. The molecule has 32 heavy (non-hydrogen) atoms. The Balaban J connectivity index is 1.67. The predicted octanol–water partition coefficient (Wildman–Crippen LogP) is 2.43. The number of nitrogens with zero attached hydrogens (tertiary/aromatic N) is 3. The summed E-state index contributed by atoms with van der Waals surface area (Å²) < 4.78 is 5.10. The number of hydrogen-bond acceptors (Lipinski definition) is 7. The van der Waals surface area contributed by atoms with Crippen LogP contribution in [-0.4, -0.2) is 41.5 Å². The highest BCUT2D eigenvalue weighted by atomic mass is 35.5. The van der Waals surface area contributed by atoms with E-state index in [-0.39, 0.29) is 23.3 Å². The fourth-order valence-corrected chi connectivity index (χ4v) is 4.49. The number of nitrogens with one attached hydrogen (secondary N) is 2. The molecule has 1 aromatic heterocycles. The Hall–Kier alpha value is -3.38. The number of anilines is 2. The SMILES string of the molecule is CCOC(=O)C1CCN(c2nc3c(c(=O)[nH]2)C(c2cccc(Cl)c2)C(C#N)C(=O)N3)CC1. The monoisotopic (exact) mass is 455 g/mol. The summed E-state index contributed by atoms with van der Waals surface area (Å²) in [7, 11) is 0. The Morgan fingerprint density at radius 2 is 2.09 bits per heavy atom. The molecule has 1 fully saturated rings. The molecule has 0 aliphatic carbocycles. The number of esters is 1. The Morgan fingerprint density at radius 1 is 1.34 bits per heavy atom. The van der Waals surface area contributed by atoms with Crippen LogP contribution in [0.15, 0.2) is 29.1 Å². The number of aromatic nitrogens is 2. The molecule has 1 amide bonds.